The van der Waals surface area contributed by atoms with E-state index in [0.29, 0.717) is 5.92 Å². The monoisotopic (exact) mass is 259 g/mol. The minimum atomic E-state index is -0.387. The van der Waals surface area contributed by atoms with Crippen LogP contribution in [0.3, 0.4) is 0 Å². The van der Waals surface area contributed by atoms with E-state index in [2.05, 4.69) is 12.2 Å². The Bertz CT molecular complexity index is 234. The largest absolute Gasteiger partial charge is 0.308 e. The maximum atomic E-state index is 11.6. The highest BCUT2D eigenvalue weighted by Gasteiger charge is 2.41. The molecule has 0 aromatic carbocycles. The molecule has 1 fully saturated rings. The standard InChI is InChI=1S/C14H26ClNO/c1-3-4-7-10-14(11-17,16-2)12-8-5-6-9-13(12)15/h11-13,16H,3-10H2,1-2H3/t12-,13?,14?/m0/s1. The molecule has 0 aromatic rings. The van der Waals surface area contributed by atoms with Crippen molar-refractivity contribution in [2.24, 2.45) is 5.92 Å². The molecule has 1 rings (SSSR count). The number of alkyl halides is 1. The first-order valence-corrected chi connectivity index (χ1v) is 7.43. The van der Waals surface area contributed by atoms with Gasteiger partial charge in [0.25, 0.3) is 0 Å². The first kappa shape index (κ1) is 15.0. The molecular weight excluding hydrogens is 234 g/mol. The number of hydrogen-bond donors (Lipinski definition) is 1. The first-order chi connectivity index (χ1) is 8.20. The molecule has 17 heavy (non-hydrogen) atoms. The smallest absolute Gasteiger partial charge is 0.140 e. The molecule has 0 heterocycles. The number of rotatable bonds is 7. The van der Waals surface area contributed by atoms with Gasteiger partial charge in [0, 0.05) is 11.3 Å². The minimum Gasteiger partial charge on any atom is -0.308 e. The van der Waals surface area contributed by atoms with Gasteiger partial charge in [-0.1, -0.05) is 39.0 Å². The van der Waals surface area contributed by atoms with Gasteiger partial charge in [0.05, 0.1) is 5.54 Å². The predicted octanol–water partition coefficient (Wildman–Crippen LogP) is 3.52. The van der Waals surface area contributed by atoms with Crippen molar-refractivity contribution in [3.63, 3.8) is 0 Å². The summed E-state index contributed by atoms with van der Waals surface area (Å²) in [7, 11) is 1.90. The van der Waals surface area contributed by atoms with Crippen LogP contribution in [0.2, 0.25) is 0 Å². The lowest BCUT2D eigenvalue weighted by atomic mass is 9.72. The third-order valence-electron chi connectivity index (χ3n) is 4.21. The summed E-state index contributed by atoms with van der Waals surface area (Å²) in [5, 5.41) is 3.43. The van der Waals surface area contributed by atoms with E-state index in [1.54, 1.807) is 0 Å². The van der Waals surface area contributed by atoms with E-state index in [1.807, 2.05) is 7.05 Å². The summed E-state index contributed by atoms with van der Waals surface area (Å²) in [5.74, 6) is 0.303. The van der Waals surface area contributed by atoms with Crippen molar-refractivity contribution in [2.75, 3.05) is 7.05 Å². The Morgan fingerprint density at radius 2 is 2.06 bits per heavy atom. The van der Waals surface area contributed by atoms with Gasteiger partial charge >= 0.3 is 0 Å². The van der Waals surface area contributed by atoms with E-state index < -0.39 is 0 Å². The van der Waals surface area contributed by atoms with Gasteiger partial charge in [-0.25, -0.2) is 0 Å². The second-order valence-corrected chi connectivity index (χ2v) is 5.83. The van der Waals surface area contributed by atoms with Gasteiger partial charge in [-0.3, -0.25) is 0 Å². The Kier molecular flexibility index (Phi) is 6.50. The second-order valence-electron chi connectivity index (χ2n) is 5.27. The molecule has 0 radical (unpaired) electrons. The van der Waals surface area contributed by atoms with Crippen LogP contribution < -0.4 is 5.32 Å². The molecule has 2 unspecified atom stereocenters. The summed E-state index contributed by atoms with van der Waals surface area (Å²) < 4.78 is 0. The Morgan fingerprint density at radius 1 is 1.35 bits per heavy atom. The van der Waals surface area contributed by atoms with Crippen LogP contribution in [-0.2, 0) is 4.79 Å². The number of carbonyl (C=O) groups is 1. The fraction of sp³-hybridized carbons (Fsp3) is 0.929. The number of halogens is 1. The zero-order valence-electron chi connectivity index (χ0n) is 11.2. The fourth-order valence-electron chi connectivity index (χ4n) is 3.03. The topological polar surface area (TPSA) is 29.1 Å². The van der Waals surface area contributed by atoms with Crippen LogP contribution in [0.25, 0.3) is 0 Å². The summed E-state index contributed by atoms with van der Waals surface area (Å²) >= 11 is 6.44. The normalized spacial score (nSPS) is 28.6. The minimum absolute atomic E-state index is 0.156. The highest BCUT2D eigenvalue weighted by atomic mass is 35.5. The molecule has 2 nitrogen and oxygen atoms in total. The van der Waals surface area contributed by atoms with Gasteiger partial charge in [-0.05, 0) is 26.3 Å². The van der Waals surface area contributed by atoms with Crippen LogP contribution in [0.15, 0.2) is 0 Å². The molecule has 0 aromatic heterocycles. The van der Waals surface area contributed by atoms with E-state index in [-0.39, 0.29) is 10.9 Å². The second kappa shape index (κ2) is 7.38. The number of hydrogen-bond acceptors (Lipinski definition) is 2. The molecule has 0 saturated heterocycles. The number of nitrogens with one attached hydrogen (secondary N) is 1. The molecule has 1 saturated carbocycles. The van der Waals surface area contributed by atoms with Gasteiger partial charge in [0.1, 0.15) is 6.29 Å². The third kappa shape index (κ3) is 3.69. The van der Waals surface area contributed by atoms with Crippen LogP contribution in [0.1, 0.15) is 58.3 Å². The molecular formula is C14H26ClNO. The summed E-state index contributed by atoms with van der Waals surface area (Å²) in [6.07, 6.45) is 10.1. The number of aldehydes is 1. The number of unbranched alkanes of at least 4 members (excludes halogenated alkanes) is 2. The van der Waals surface area contributed by atoms with Crippen molar-refractivity contribution >= 4 is 17.9 Å². The van der Waals surface area contributed by atoms with Crippen molar-refractivity contribution in [3.05, 3.63) is 0 Å². The first-order valence-electron chi connectivity index (χ1n) is 6.99. The fourth-order valence-corrected chi connectivity index (χ4v) is 3.54. The summed E-state index contributed by atoms with van der Waals surface area (Å²) in [6, 6.07) is 0. The predicted molar refractivity (Wildman–Crippen MR) is 73.6 cm³/mol. The summed E-state index contributed by atoms with van der Waals surface area (Å²) in [6.45, 7) is 2.19. The number of carbonyl (C=O) groups excluding carboxylic acids is 1. The Morgan fingerprint density at radius 3 is 2.59 bits per heavy atom. The molecule has 0 amide bonds. The summed E-state index contributed by atoms with van der Waals surface area (Å²) in [5.41, 5.74) is -0.387. The zero-order valence-corrected chi connectivity index (χ0v) is 11.9. The SMILES string of the molecule is CCCCCC(C=O)(NC)[C@H]1CCCCC1Cl. The zero-order chi connectivity index (χ0) is 12.7. The molecule has 0 spiro atoms. The lowest BCUT2D eigenvalue weighted by Gasteiger charge is -2.41. The van der Waals surface area contributed by atoms with E-state index in [4.69, 9.17) is 11.6 Å². The van der Waals surface area contributed by atoms with Crippen LogP contribution in [0, 0.1) is 5.92 Å². The highest BCUT2D eigenvalue weighted by molar-refractivity contribution is 6.21. The molecule has 1 aliphatic carbocycles. The molecule has 1 N–H and O–H groups in total. The van der Waals surface area contributed by atoms with E-state index in [0.717, 1.165) is 32.0 Å². The van der Waals surface area contributed by atoms with Crippen molar-refractivity contribution in [1.82, 2.24) is 5.32 Å². The Hall–Kier alpha value is -0.0800. The molecule has 3 atom stereocenters. The average molecular weight is 260 g/mol. The third-order valence-corrected chi connectivity index (χ3v) is 4.74. The van der Waals surface area contributed by atoms with Crippen molar-refractivity contribution in [1.29, 1.82) is 0 Å². The maximum absolute atomic E-state index is 11.6. The number of likely N-dealkylation sites (N-methyl/N-ethyl adjacent to an activating group) is 1. The van der Waals surface area contributed by atoms with Crippen molar-refractivity contribution in [2.45, 2.75) is 69.2 Å². The summed E-state index contributed by atoms with van der Waals surface area (Å²) in [4.78, 5) is 11.6. The molecule has 0 aliphatic heterocycles. The van der Waals surface area contributed by atoms with E-state index in [1.165, 1.54) is 25.7 Å². The quantitative estimate of drug-likeness (QED) is 0.431. The van der Waals surface area contributed by atoms with Gasteiger partial charge in [0.15, 0.2) is 0 Å². The van der Waals surface area contributed by atoms with Crippen molar-refractivity contribution in [3.8, 4) is 0 Å². The Balaban J connectivity index is 2.70. The van der Waals surface area contributed by atoms with E-state index >= 15 is 0 Å². The van der Waals surface area contributed by atoms with Gasteiger partial charge in [-0.15, -0.1) is 11.6 Å². The Labute approximate surface area is 110 Å². The van der Waals surface area contributed by atoms with Crippen LogP contribution in [-0.4, -0.2) is 24.2 Å². The van der Waals surface area contributed by atoms with Gasteiger partial charge in [-0.2, -0.15) is 0 Å². The molecule has 0 bridgehead atoms. The van der Waals surface area contributed by atoms with Gasteiger partial charge < -0.3 is 10.1 Å². The lowest BCUT2D eigenvalue weighted by Crippen LogP contribution is -2.54. The average Bonchev–Trinajstić information content (AvgIpc) is 2.36. The van der Waals surface area contributed by atoms with Crippen molar-refractivity contribution < 1.29 is 4.79 Å². The highest BCUT2D eigenvalue weighted by Crippen LogP contribution is 2.37. The lowest BCUT2D eigenvalue weighted by molar-refractivity contribution is -0.116. The van der Waals surface area contributed by atoms with E-state index in [9.17, 15) is 4.79 Å². The van der Waals surface area contributed by atoms with Crippen LogP contribution >= 0.6 is 11.6 Å². The van der Waals surface area contributed by atoms with Gasteiger partial charge in [0.2, 0.25) is 0 Å². The molecule has 3 heteroatoms. The molecule has 1 aliphatic rings. The van der Waals surface area contributed by atoms with Crippen LogP contribution in [0.4, 0.5) is 0 Å². The van der Waals surface area contributed by atoms with Crippen LogP contribution in [0.5, 0.6) is 0 Å². The maximum Gasteiger partial charge on any atom is 0.140 e. The molecule has 100 valence electrons.